The Kier molecular flexibility index (Phi) is 3.76. The fourth-order valence-corrected chi connectivity index (χ4v) is 3.16. The van der Waals surface area contributed by atoms with E-state index in [1.165, 1.54) is 27.9 Å². The largest absolute Gasteiger partial charge is 0.378 e. The van der Waals surface area contributed by atoms with Gasteiger partial charge in [-0.1, -0.05) is 71.0 Å². The summed E-state index contributed by atoms with van der Waals surface area (Å²) in [5, 5.41) is 3.68. The Bertz CT molecular complexity index is 659. The van der Waals surface area contributed by atoms with Crippen molar-refractivity contribution in [3.8, 4) is 0 Å². The Morgan fingerprint density at radius 1 is 1.00 bits per heavy atom. The van der Waals surface area contributed by atoms with E-state index < -0.39 is 0 Å². The van der Waals surface area contributed by atoms with Crippen molar-refractivity contribution in [2.24, 2.45) is 0 Å². The van der Waals surface area contributed by atoms with Gasteiger partial charge in [0.2, 0.25) is 0 Å². The van der Waals surface area contributed by atoms with Crippen LogP contribution in [0.1, 0.15) is 68.8 Å². The van der Waals surface area contributed by atoms with Gasteiger partial charge in [0.05, 0.1) is 6.04 Å². The van der Waals surface area contributed by atoms with E-state index in [2.05, 4.69) is 82.4 Å². The highest BCUT2D eigenvalue weighted by Gasteiger charge is 2.23. The zero-order chi connectivity index (χ0) is 15.9. The average molecular weight is 293 g/mol. The molecule has 3 rings (SSSR count). The second-order valence-electron chi connectivity index (χ2n) is 7.84. The molecular formula is C21H27N. The lowest BCUT2D eigenvalue weighted by molar-refractivity contribution is 0.589. The minimum atomic E-state index is 0.219. The van der Waals surface area contributed by atoms with Gasteiger partial charge in [-0.3, -0.25) is 0 Å². The maximum atomic E-state index is 3.68. The molecule has 0 aromatic heterocycles. The lowest BCUT2D eigenvalue weighted by Gasteiger charge is -2.20. The van der Waals surface area contributed by atoms with Crippen molar-refractivity contribution in [1.82, 2.24) is 0 Å². The van der Waals surface area contributed by atoms with Crippen molar-refractivity contribution < 1.29 is 0 Å². The standard InChI is InChI=1S/C21H27N/c1-14(2)16-8-11-19-17(12-16)13-20(22-19)15-6-9-18(10-7-15)21(3,4)5/h6-12,14,20,22H,13H2,1-5H3. The molecule has 1 unspecified atom stereocenters. The number of benzene rings is 2. The van der Waals surface area contributed by atoms with Crippen molar-refractivity contribution in [3.63, 3.8) is 0 Å². The molecule has 1 aliphatic rings. The lowest BCUT2D eigenvalue weighted by Crippen LogP contribution is -2.12. The summed E-state index contributed by atoms with van der Waals surface area (Å²) in [4.78, 5) is 0. The molecule has 116 valence electrons. The molecule has 0 amide bonds. The molecule has 22 heavy (non-hydrogen) atoms. The Morgan fingerprint density at radius 2 is 1.68 bits per heavy atom. The maximum absolute atomic E-state index is 3.68. The molecule has 1 N–H and O–H groups in total. The van der Waals surface area contributed by atoms with E-state index in [0.29, 0.717) is 12.0 Å². The van der Waals surface area contributed by atoms with Crippen molar-refractivity contribution in [1.29, 1.82) is 0 Å². The predicted molar refractivity (Wildman–Crippen MR) is 95.7 cm³/mol. The van der Waals surface area contributed by atoms with E-state index in [1.54, 1.807) is 0 Å². The average Bonchev–Trinajstić information content (AvgIpc) is 2.89. The molecule has 2 aromatic carbocycles. The summed E-state index contributed by atoms with van der Waals surface area (Å²) in [6.45, 7) is 11.3. The number of fused-ring (bicyclic) bond motifs is 1. The molecule has 0 bridgehead atoms. The van der Waals surface area contributed by atoms with E-state index in [-0.39, 0.29) is 5.41 Å². The first-order valence-corrected chi connectivity index (χ1v) is 8.34. The smallest absolute Gasteiger partial charge is 0.0555 e. The summed E-state index contributed by atoms with van der Waals surface area (Å²) in [6, 6.07) is 16.4. The Labute approximate surface area is 134 Å². The monoisotopic (exact) mass is 293 g/mol. The van der Waals surface area contributed by atoms with Crippen LogP contribution in [0.15, 0.2) is 42.5 Å². The summed E-state index contributed by atoms with van der Waals surface area (Å²) < 4.78 is 0. The van der Waals surface area contributed by atoms with Gasteiger partial charge in [0.1, 0.15) is 0 Å². The molecular weight excluding hydrogens is 266 g/mol. The number of anilines is 1. The predicted octanol–water partition coefficient (Wildman–Crippen LogP) is 5.82. The van der Waals surface area contributed by atoms with Crippen LogP contribution in [0, 0.1) is 0 Å². The first kappa shape index (κ1) is 15.1. The van der Waals surface area contributed by atoms with Gasteiger partial charge in [0.15, 0.2) is 0 Å². The molecule has 0 aliphatic carbocycles. The van der Waals surface area contributed by atoms with Gasteiger partial charge in [-0.25, -0.2) is 0 Å². The fourth-order valence-electron chi connectivity index (χ4n) is 3.16. The van der Waals surface area contributed by atoms with Crippen LogP contribution < -0.4 is 5.32 Å². The molecule has 0 spiro atoms. The first-order valence-electron chi connectivity index (χ1n) is 8.34. The highest BCUT2D eigenvalue weighted by molar-refractivity contribution is 5.59. The van der Waals surface area contributed by atoms with Crippen LogP contribution in [0.2, 0.25) is 0 Å². The van der Waals surface area contributed by atoms with E-state index in [4.69, 9.17) is 0 Å². The van der Waals surface area contributed by atoms with Crippen molar-refractivity contribution >= 4 is 5.69 Å². The molecule has 0 saturated heterocycles. The minimum Gasteiger partial charge on any atom is -0.378 e. The number of rotatable bonds is 2. The Balaban J connectivity index is 1.81. The molecule has 1 nitrogen and oxygen atoms in total. The van der Waals surface area contributed by atoms with Crippen molar-refractivity contribution in [2.75, 3.05) is 5.32 Å². The van der Waals surface area contributed by atoms with E-state index in [9.17, 15) is 0 Å². The third-order valence-corrected chi connectivity index (χ3v) is 4.73. The summed E-state index contributed by atoms with van der Waals surface area (Å²) in [7, 11) is 0. The SMILES string of the molecule is CC(C)c1ccc2c(c1)CC(c1ccc(C(C)(C)C)cc1)N2. The molecule has 1 heterocycles. The van der Waals surface area contributed by atoms with Crippen LogP contribution in [0.3, 0.4) is 0 Å². The van der Waals surface area contributed by atoms with Gasteiger partial charge in [-0.05, 0) is 46.1 Å². The maximum Gasteiger partial charge on any atom is 0.0555 e. The zero-order valence-corrected chi connectivity index (χ0v) is 14.4. The topological polar surface area (TPSA) is 12.0 Å². The number of hydrogen-bond acceptors (Lipinski definition) is 1. The second-order valence-corrected chi connectivity index (χ2v) is 7.84. The second kappa shape index (κ2) is 5.46. The van der Waals surface area contributed by atoms with E-state index in [1.807, 2.05) is 0 Å². The van der Waals surface area contributed by atoms with Crippen molar-refractivity contribution in [2.45, 2.75) is 58.4 Å². The summed E-state index contributed by atoms with van der Waals surface area (Å²) >= 11 is 0. The molecule has 0 radical (unpaired) electrons. The van der Waals surface area contributed by atoms with Crippen LogP contribution in [0.5, 0.6) is 0 Å². The van der Waals surface area contributed by atoms with Gasteiger partial charge in [0, 0.05) is 5.69 Å². The van der Waals surface area contributed by atoms with Crippen LogP contribution in [0.4, 0.5) is 5.69 Å². The van der Waals surface area contributed by atoms with Crippen LogP contribution in [-0.4, -0.2) is 0 Å². The summed E-state index contributed by atoms with van der Waals surface area (Å²) in [6.07, 6.45) is 1.09. The number of hydrogen-bond donors (Lipinski definition) is 1. The van der Waals surface area contributed by atoms with Gasteiger partial charge in [0.25, 0.3) is 0 Å². The van der Waals surface area contributed by atoms with Crippen LogP contribution in [-0.2, 0) is 11.8 Å². The van der Waals surface area contributed by atoms with Gasteiger partial charge in [-0.2, -0.15) is 0 Å². The van der Waals surface area contributed by atoms with Gasteiger partial charge in [-0.15, -0.1) is 0 Å². The van der Waals surface area contributed by atoms with Gasteiger partial charge < -0.3 is 5.32 Å². The van der Waals surface area contributed by atoms with E-state index >= 15 is 0 Å². The fraction of sp³-hybridized carbons (Fsp3) is 0.429. The lowest BCUT2D eigenvalue weighted by atomic mass is 9.86. The number of nitrogens with one attached hydrogen (secondary N) is 1. The molecule has 0 saturated carbocycles. The summed E-state index contributed by atoms with van der Waals surface area (Å²) in [5.41, 5.74) is 7.19. The third-order valence-electron chi connectivity index (χ3n) is 4.73. The molecule has 2 aromatic rings. The normalized spacial score (nSPS) is 17.5. The zero-order valence-electron chi connectivity index (χ0n) is 14.4. The Hall–Kier alpha value is -1.76. The van der Waals surface area contributed by atoms with Crippen LogP contribution >= 0.6 is 0 Å². The minimum absolute atomic E-state index is 0.219. The van der Waals surface area contributed by atoms with E-state index in [0.717, 1.165) is 6.42 Å². The highest BCUT2D eigenvalue weighted by Crippen LogP contribution is 2.36. The highest BCUT2D eigenvalue weighted by atomic mass is 14.9. The molecule has 1 aliphatic heterocycles. The molecule has 1 heteroatoms. The third kappa shape index (κ3) is 2.90. The Morgan fingerprint density at radius 3 is 2.27 bits per heavy atom. The van der Waals surface area contributed by atoms with Crippen LogP contribution in [0.25, 0.3) is 0 Å². The summed E-state index contributed by atoms with van der Waals surface area (Å²) in [5.74, 6) is 0.593. The molecule has 0 fully saturated rings. The quantitative estimate of drug-likeness (QED) is 0.736. The van der Waals surface area contributed by atoms with Crippen molar-refractivity contribution in [3.05, 3.63) is 64.7 Å². The molecule has 1 atom stereocenters. The first-order chi connectivity index (χ1) is 10.3. The van der Waals surface area contributed by atoms with Gasteiger partial charge >= 0.3 is 0 Å².